The van der Waals surface area contributed by atoms with Crippen LogP contribution in [0.4, 0.5) is 0 Å². The van der Waals surface area contributed by atoms with E-state index in [0.717, 1.165) is 12.8 Å². The highest BCUT2D eigenvalue weighted by molar-refractivity contribution is 5.84. The molecule has 0 amide bonds. The van der Waals surface area contributed by atoms with Crippen molar-refractivity contribution in [1.82, 2.24) is 5.32 Å². The Kier molecular flexibility index (Phi) is 4.08. The summed E-state index contributed by atoms with van der Waals surface area (Å²) in [6, 6.07) is 0.686. The average molecular weight is 170 g/mol. The summed E-state index contributed by atoms with van der Waals surface area (Å²) in [7, 11) is 2.02. The number of oxime groups is 1. The highest BCUT2D eigenvalue weighted by atomic mass is 16.6. The second kappa shape index (κ2) is 5.14. The third kappa shape index (κ3) is 2.81. The Labute approximate surface area is 74.2 Å². The predicted octanol–water partition coefficient (Wildman–Crippen LogP) is 1.54. The maximum Gasteiger partial charge on any atom is 0.114 e. The van der Waals surface area contributed by atoms with Gasteiger partial charge in [-0.15, -0.1) is 0 Å². The van der Waals surface area contributed by atoms with E-state index in [1.165, 1.54) is 18.6 Å². The van der Waals surface area contributed by atoms with Crippen molar-refractivity contribution in [3.63, 3.8) is 0 Å². The third-order valence-electron chi connectivity index (χ3n) is 2.29. The van der Waals surface area contributed by atoms with E-state index in [1.54, 1.807) is 0 Å². The third-order valence-corrected chi connectivity index (χ3v) is 2.29. The summed E-state index contributed by atoms with van der Waals surface area (Å²) in [5, 5.41) is 7.34. The Hall–Kier alpha value is -0.570. The minimum absolute atomic E-state index is 0.680. The molecule has 0 aliphatic heterocycles. The van der Waals surface area contributed by atoms with E-state index in [-0.39, 0.29) is 0 Å². The molecular formula is C9H18N2O. The lowest BCUT2D eigenvalue weighted by Crippen LogP contribution is -2.30. The zero-order valence-electron chi connectivity index (χ0n) is 7.97. The largest absolute Gasteiger partial charge is 0.396 e. The lowest BCUT2D eigenvalue weighted by atomic mass is 9.94. The van der Waals surface area contributed by atoms with Gasteiger partial charge in [0.25, 0.3) is 0 Å². The molecule has 0 aromatic carbocycles. The maximum absolute atomic E-state index is 5.01. The van der Waals surface area contributed by atoms with Crippen LogP contribution in [0.15, 0.2) is 5.16 Å². The summed E-state index contributed by atoms with van der Waals surface area (Å²) in [5.74, 6) is 0. The number of nitrogens with zero attached hydrogens (tertiary/aromatic N) is 1. The fourth-order valence-electron chi connectivity index (χ4n) is 1.49. The lowest BCUT2D eigenvalue weighted by molar-refractivity contribution is 0.156. The van der Waals surface area contributed by atoms with Gasteiger partial charge in [-0.05, 0) is 39.7 Å². The molecule has 1 aliphatic carbocycles. The summed E-state index contributed by atoms with van der Waals surface area (Å²) in [6.45, 7) is 2.64. The van der Waals surface area contributed by atoms with Crippen molar-refractivity contribution >= 4 is 5.71 Å². The fourth-order valence-corrected chi connectivity index (χ4v) is 1.49. The molecule has 0 spiro atoms. The Balaban J connectivity index is 2.25. The van der Waals surface area contributed by atoms with Gasteiger partial charge in [0.15, 0.2) is 0 Å². The van der Waals surface area contributed by atoms with Gasteiger partial charge in [-0.1, -0.05) is 5.16 Å². The zero-order chi connectivity index (χ0) is 8.81. The van der Waals surface area contributed by atoms with Gasteiger partial charge < -0.3 is 10.2 Å². The van der Waals surface area contributed by atoms with E-state index >= 15 is 0 Å². The van der Waals surface area contributed by atoms with Gasteiger partial charge in [-0.25, -0.2) is 0 Å². The number of hydrogen-bond donors (Lipinski definition) is 1. The number of nitrogens with one attached hydrogen (secondary N) is 1. The maximum atomic E-state index is 5.01. The zero-order valence-corrected chi connectivity index (χ0v) is 7.97. The summed E-state index contributed by atoms with van der Waals surface area (Å²) < 4.78 is 0. The van der Waals surface area contributed by atoms with Crippen LogP contribution in [0.2, 0.25) is 0 Å². The van der Waals surface area contributed by atoms with Crippen LogP contribution in [0.25, 0.3) is 0 Å². The second-order valence-corrected chi connectivity index (χ2v) is 3.14. The first-order chi connectivity index (χ1) is 5.86. The molecule has 1 N–H and O–H groups in total. The first-order valence-corrected chi connectivity index (χ1v) is 4.71. The normalized spacial score (nSPS) is 23.8. The molecular weight excluding hydrogens is 152 g/mol. The van der Waals surface area contributed by atoms with Gasteiger partial charge >= 0.3 is 0 Å². The number of rotatable bonds is 3. The Morgan fingerprint density at radius 3 is 2.67 bits per heavy atom. The molecule has 0 bridgehead atoms. The second-order valence-electron chi connectivity index (χ2n) is 3.14. The van der Waals surface area contributed by atoms with Crippen molar-refractivity contribution in [3.05, 3.63) is 0 Å². The summed E-state index contributed by atoms with van der Waals surface area (Å²) in [6.07, 6.45) is 4.57. The van der Waals surface area contributed by atoms with E-state index in [0.29, 0.717) is 12.6 Å². The summed E-state index contributed by atoms with van der Waals surface area (Å²) in [4.78, 5) is 5.01. The van der Waals surface area contributed by atoms with E-state index in [1.807, 2.05) is 14.0 Å². The summed E-state index contributed by atoms with van der Waals surface area (Å²) >= 11 is 0. The van der Waals surface area contributed by atoms with E-state index in [2.05, 4.69) is 10.5 Å². The molecule has 3 heteroatoms. The topological polar surface area (TPSA) is 33.6 Å². The van der Waals surface area contributed by atoms with Crippen LogP contribution in [0.1, 0.15) is 32.6 Å². The lowest BCUT2D eigenvalue weighted by Gasteiger charge is -2.21. The average Bonchev–Trinajstić information content (AvgIpc) is 2.15. The van der Waals surface area contributed by atoms with Crippen LogP contribution in [-0.2, 0) is 4.84 Å². The van der Waals surface area contributed by atoms with Crippen molar-refractivity contribution < 1.29 is 4.84 Å². The predicted molar refractivity (Wildman–Crippen MR) is 50.4 cm³/mol. The smallest absolute Gasteiger partial charge is 0.114 e. The molecule has 70 valence electrons. The highest BCUT2D eigenvalue weighted by Gasteiger charge is 2.15. The standard InChI is InChI=1S/C9H18N2O/c1-3-12-11-9-6-4-8(10-2)5-7-9/h8,10H,3-7H2,1-2H3. The van der Waals surface area contributed by atoms with Crippen LogP contribution in [-0.4, -0.2) is 25.4 Å². The van der Waals surface area contributed by atoms with Gasteiger partial charge in [0.2, 0.25) is 0 Å². The van der Waals surface area contributed by atoms with Gasteiger partial charge in [0.1, 0.15) is 6.61 Å². The molecule has 3 nitrogen and oxygen atoms in total. The molecule has 0 aromatic heterocycles. The molecule has 0 saturated heterocycles. The van der Waals surface area contributed by atoms with Crippen molar-refractivity contribution in [3.8, 4) is 0 Å². The van der Waals surface area contributed by atoms with Gasteiger partial charge in [0.05, 0.1) is 5.71 Å². The summed E-state index contributed by atoms with van der Waals surface area (Å²) in [5.41, 5.74) is 1.23. The first kappa shape index (κ1) is 9.52. The molecule has 0 atom stereocenters. The molecule has 12 heavy (non-hydrogen) atoms. The molecule has 1 aliphatic rings. The van der Waals surface area contributed by atoms with Gasteiger partial charge in [-0.2, -0.15) is 0 Å². The Bertz CT molecular complexity index is 147. The first-order valence-electron chi connectivity index (χ1n) is 4.71. The molecule has 1 fully saturated rings. The van der Waals surface area contributed by atoms with Gasteiger partial charge in [0, 0.05) is 6.04 Å². The molecule has 1 rings (SSSR count). The van der Waals surface area contributed by atoms with Crippen LogP contribution >= 0.6 is 0 Å². The molecule has 1 saturated carbocycles. The molecule has 0 unspecified atom stereocenters. The highest BCUT2D eigenvalue weighted by Crippen LogP contribution is 2.15. The van der Waals surface area contributed by atoms with Crippen LogP contribution in [0, 0.1) is 0 Å². The van der Waals surface area contributed by atoms with Crippen molar-refractivity contribution in [2.45, 2.75) is 38.6 Å². The van der Waals surface area contributed by atoms with Crippen molar-refractivity contribution in [2.24, 2.45) is 5.16 Å². The van der Waals surface area contributed by atoms with Crippen molar-refractivity contribution in [2.75, 3.05) is 13.7 Å². The van der Waals surface area contributed by atoms with E-state index in [4.69, 9.17) is 4.84 Å². The SMILES string of the molecule is CCON=C1CCC(NC)CC1. The van der Waals surface area contributed by atoms with E-state index in [9.17, 15) is 0 Å². The van der Waals surface area contributed by atoms with Crippen LogP contribution in [0.3, 0.4) is 0 Å². The molecule has 0 aromatic rings. The minimum atomic E-state index is 0.680. The van der Waals surface area contributed by atoms with Crippen LogP contribution in [0.5, 0.6) is 0 Å². The monoisotopic (exact) mass is 170 g/mol. The quantitative estimate of drug-likeness (QED) is 0.652. The number of hydrogen-bond acceptors (Lipinski definition) is 3. The fraction of sp³-hybridized carbons (Fsp3) is 0.889. The minimum Gasteiger partial charge on any atom is -0.396 e. The Morgan fingerprint density at radius 2 is 2.17 bits per heavy atom. The van der Waals surface area contributed by atoms with Gasteiger partial charge in [-0.3, -0.25) is 0 Å². The Morgan fingerprint density at radius 1 is 1.50 bits per heavy atom. The molecule has 0 radical (unpaired) electrons. The van der Waals surface area contributed by atoms with Crippen molar-refractivity contribution in [1.29, 1.82) is 0 Å². The van der Waals surface area contributed by atoms with Crippen LogP contribution < -0.4 is 5.32 Å². The molecule has 0 heterocycles. The van der Waals surface area contributed by atoms with E-state index < -0.39 is 0 Å².